The minimum absolute atomic E-state index is 0.383. The summed E-state index contributed by atoms with van der Waals surface area (Å²) < 4.78 is 0. The summed E-state index contributed by atoms with van der Waals surface area (Å²) in [4.78, 5) is 9.87. The maximum atomic E-state index is 9.87. The third-order valence-corrected chi connectivity index (χ3v) is 1.71. The molecule has 2 atom stereocenters. The molecule has 0 heterocycles. The SMILES string of the molecule is CCCCCC(O)C(O)NC=O. The Hall–Kier alpha value is -0.610. The van der Waals surface area contributed by atoms with E-state index in [0.717, 1.165) is 19.3 Å². The fourth-order valence-corrected chi connectivity index (χ4v) is 0.942. The molecule has 1 amide bonds. The Labute approximate surface area is 72.6 Å². The summed E-state index contributed by atoms with van der Waals surface area (Å²) in [5, 5.41) is 20.3. The van der Waals surface area contributed by atoms with Crippen molar-refractivity contribution < 1.29 is 15.0 Å². The van der Waals surface area contributed by atoms with Gasteiger partial charge in [-0.25, -0.2) is 0 Å². The average Bonchev–Trinajstić information content (AvgIpc) is 2.05. The van der Waals surface area contributed by atoms with Gasteiger partial charge in [0.25, 0.3) is 0 Å². The molecule has 0 aliphatic rings. The smallest absolute Gasteiger partial charge is 0.209 e. The lowest BCUT2D eigenvalue weighted by Gasteiger charge is -2.16. The van der Waals surface area contributed by atoms with E-state index in [4.69, 9.17) is 5.11 Å². The van der Waals surface area contributed by atoms with Gasteiger partial charge in [0.15, 0.2) is 6.23 Å². The number of hydrogen-bond donors (Lipinski definition) is 3. The van der Waals surface area contributed by atoms with Crippen molar-refractivity contribution in [2.75, 3.05) is 0 Å². The zero-order valence-electron chi connectivity index (χ0n) is 7.36. The first-order valence-corrected chi connectivity index (χ1v) is 4.28. The minimum atomic E-state index is -1.13. The van der Waals surface area contributed by atoms with Crippen molar-refractivity contribution >= 4 is 6.41 Å². The highest BCUT2D eigenvalue weighted by Crippen LogP contribution is 2.04. The molecule has 12 heavy (non-hydrogen) atoms. The van der Waals surface area contributed by atoms with Gasteiger partial charge in [-0.15, -0.1) is 0 Å². The van der Waals surface area contributed by atoms with E-state index in [1.165, 1.54) is 0 Å². The number of rotatable bonds is 7. The molecule has 0 spiro atoms. The summed E-state index contributed by atoms with van der Waals surface area (Å²) in [6, 6.07) is 0. The number of aliphatic hydroxyl groups excluding tert-OH is 2. The highest BCUT2D eigenvalue weighted by Gasteiger charge is 2.13. The number of hydrogen-bond acceptors (Lipinski definition) is 3. The molecule has 0 aromatic heterocycles. The van der Waals surface area contributed by atoms with Crippen molar-refractivity contribution in [1.82, 2.24) is 5.32 Å². The Morgan fingerprint density at radius 3 is 2.58 bits per heavy atom. The van der Waals surface area contributed by atoms with Crippen LogP contribution in [0.1, 0.15) is 32.6 Å². The van der Waals surface area contributed by atoms with Gasteiger partial charge in [-0.1, -0.05) is 26.2 Å². The van der Waals surface area contributed by atoms with E-state index < -0.39 is 12.3 Å². The van der Waals surface area contributed by atoms with Gasteiger partial charge in [-0.3, -0.25) is 4.79 Å². The first-order valence-electron chi connectivity index (χ1n) is 4.28. The number of nitrogens with one attached hydrogen (secondary N) is 1. The van der Waals surface area contributed by atoms with Crippen LogP contribution in [-0.2, 0) is 4.79 Å². The maximum absolute atomic E-state index is 9.87. The van der Waals surface area contributed by atoms with Crippen molar-refractivity contribution in [2.45, 2.75) is 44.9 Å². The van der Waals surface area contributed by atoms with Gasteiger partial charge in [-0.2, -0.15) is 0 Å². The first kappa shape index (κ1) is 11.4. The molecule has 0 saturated heterocycles. The van der Waals surface area contributed by atoms with Gasteiger partial charge in [0.05, 0.1) is 6.10 Å². The third kappa shape index (κ3) is 5.09. The van der Waals surface area contributed by atoms with Gasteiger partial charge >= 0.3 is 0 Å². The molecule has 3 N–H and O–H groups in total. The monoisotopic (exact) mass is 175 g/mol. The molecule has 4 heteroatoms. The second kappa shape index (κ2) is 7.06. The second-order valence-corrected chi connectivity index (χ2v) is 2.79. The molecule has 72 valence electrons. The van der Waals surface area contributed by atoms with Crippen LogP contribution < -0.4 is 5.32 Å². The average molecular weight is 175 g/mol. The highest BCUT2D eigenvalue weighted by atomic mass is 16.3. The molecular weight excluding hydrogens is 158 g/mol. The van der Waals surface area contributed by atoms with E-state index in [0.29, 0.717) is 12.8 Å². The fraction of sp³-hybridized carbons (Fsp3) is 0.875. The van der Waals surface area contributed by atoms with E-state index in [9.17, 15) is 9.90 Å². The zero-order chi connectivity index (χ0) is 9.40. The van der Waals surface area contributed by atoms with Gasteiger partial charge in [0.1, 0.15) is 0 Å². The van der Waals surface area contributed by atoms with E-state index in [2.05, 4.69) is 12.2 Å². The van der Waals surface area contributed by atoms with Gasteiger partial charge in [0.2, 0.25) is 6.41 Å². The summed E-state index contributed by atoms with van der Waals surface area (Å²) >= 11 is 0. The van der Waals surface area contributed by atoms with Crippen LogP contribution in [-0.4, -0.2) is 29.0 Å². The van der Waals surface area contributed by atoms with Gasteiger partial charge < -0.3 is 15.5 Å². The Bertz CT molecular complexity index is 119. The molecule has 0 aliphatic heterocycles. The van der Waals surface area contributed by atoms with Crippen LogP contribution >= 0.6 is 0 Å². The van der Waals surface area contributed by atoms with Crippen LogP contribution in [0.4, 0.5) is 0 Å². The molecule has 0 radical (unpaired) electrons. The molecule has 0 aromatic rings. The minimum Gasteiger partial charge on any atom is -0.388 e. The quantitative estimate of drug-likeness (QED) is 0.289. The molecule has 0 aromatic carbocycles. The molecule has 2 unspecified atom stereocenters. The number of unbranched alkanes of at least 4 members (excludes halogenated alkanes) is 2. The van der Waals surface area contributed by atoms with Crippen LogP contribution in [0.25, 0.3) is 0 Å². The highest BCUT2D eigenvalue weighted by molar-refractivity contribution is 5.46. The second-order valence-electron chi connectivity index (χ2n) is 2.79. The van der Waals surface area contributed by atoms with Crippen LogP contribution in [0.2, 0.25) is 0 Å². The van der Waals surface area contributed by atoms with Crippen molar-refractivity contribution in [3.05, 3.63) is 0 Å². The summed E-state index contributed by atoms with van der Waals surface area (Å²) in [5.41, 5.74) is 0. The standard InChI is InChI=1S/C8H17NO3/c1-2-3-4-5-7(11)8(12)9-6-10/h6-8,11-12H,2-5H2,1H3,(H,9,10). The lowest BCUT2D eigenvalue weighted by molar-refractivity contribution is -0.115. The zero-order valence-corrected chi connectivity index (χ0v) is 7.36. The first-order chi connectivity index (χ1) is 5.72. The fourth-order valence-electron chi connectivity index (χ4n) is 0.942. The van der Waals surface area contributed by atoms with Gasteiger partial charge in [0, 0.05) is 0 Å². The number of amides is 1. The Morgan fingerprint density at radius 2 is 2.08 bits per heavy atom. The third-order valence-electron chi connectivity index (χ3n) is 1.71. The summed E-state index contributed by atoms with van der Waals surface area (Å²) in [7, 11) is 0. The van der Waals surface area contributed by atoms with Crippen molar-refractivity contribution in [3.63, 3.8) is 0 Å². The topological polar surface area (TPSA) is 69.6 Å². The molecule has 0 fully saturated rings. The number of aliphatic hydroxyl groups is 2. The largest absolute Gasteiger partial charge is 0.388 e. The summed E-state index contributed by atoms with van der Waals surface area (Å²) in [6.07, 6.45) is 1.91. The molecule has 0 aliphatic carbocycles. The van der Waals surface area contributed by atoms with Crippen LogP contribution in [0.5, 0.6) is 0 Å². The Balaban J connectivity index is 3.41. The molecule has 4 nitrogen and oxygen atoms in total. The predicted molar refractivity (Wildman–Crippen MR) is 45.4 cm³/mol. The van der Waals surface area contributed by atoms with E-state index in [-0.39, 0.29) is 0 Å². The Morgan fingerprint density at radius 1 is 1.42 bits per heavy atom. The normalized spacial score (nSPS) is 15.2. The number of carbonyl (C=O) groups excluding carboxylic acids is 1. The van der Waals surface area contributed by atoms with Crippen molar-refractivity contribution in [2.24, 2.45) is 0 Å². The molecular formula is C8H17NO3. The van der Waals surface area contributed by atoms with E-state index in [1.807, 2.05) is 0 Å². The van der Waals surface area contributed by atoms with Crippen LogP contribution in [0.15, 0.2) is 0 Å². The van der Waals surface area contributed by atoms with Gasteiger partial charge in [-0.05, 0) is 6.42 Å². The molecule has 0 saturated carbocycles. The lowest BCUT2D eigenvalue weighted by Crippen LogP contribution is -2.38. The molecule has 0 bridgehead atoms. The van der Waals surface area contributed by atoms with E-state index in [1.54, 1.807) is 0 Å². The number of carbonyl (C=O) groups is 1. The van der Waals surface area contributed by atoms with E-state index >= 15 is 0 Å². The molecule has 0 rings (SSSR count). The summed E-state index contributed by atoms with van der Waals surface area (Å²) in [5.74, 6) is 0. The van der Waals surface area contributed by atoms with Crippen molar-refractivity contribution in [1.29, 1.82) is 0 Å². The summed E-state index contributed by atoms with van der Waals surface area (Å²) in [6.45, 7) is 2.06. The van der Waals surface area contributed by atoms with Crippen LogP contribution in [0.3, 0.4) is 0 Å². The predicted octanol–water partition coefficient (Wildman–Crippen LogP) is -0.00800. The lowest BCUT2D eigenvalue weighted by atomic mass is 10.1. The maximum Gasteiger partial charge on any atom is 0.209 e. The Kier molecular flexibility index (Phi) is 6.70. The van der Waals surface area contributed by atoms with Crippen molar-refractivity contribution in [3.8, 4) is 0 Å². The van der Waals surface area contributed by atoms with Crippen LogP contribution in [0, 0.1) is 0 Å².